The molecule has 2 rings (SSSR count). The number of aryl methyl sites for hydroxylation is 1. The first-order chi connectivity index (χ1) is 10.1. The van der Waals surface area contributed by atoms with E-state index in [1.165, 1.54) is 5.56 Å². The zero-order chi connectivity index (χ0) is 15.1. The van der Waals surface area contributed by atoms with Crippen LogP contribution in [0.3, 0.4) is 0 Å². The largest absolute Gasteiger partial charge is 0.491 e. The number of anilines is 1. The molecule has 0 radical (unpaired) electrons. The lowest BCUT2D eigenvalue weighted by Crippen LogP contribution is -2.39. The molecule has 0 aliphatic rings. The number of thiocarbonyl (C=S) groups is 1. The van der Waals surface area contributed by atoms with Gasteiger partial charge in [0, 0.05) is 5.69 Å². The van der Waals surface area contributed by atoms with Crippen LogP contribution in [0, 0.1) is 6.92 Å². The molecule has 0 aliphatic carbocycles. The van der Waals surface area contributed by atoms with Gasteiger partial charge in [-0.3, -0.25) is 0 Å². The summed E-state index contributed by atoms with van der Waals surface area (Å²) in [5.74, 6) is 0.864. The summed E-state index contributed by atoms with van der Waals surface area (Å²) in [5.41, 5.74) is 2.21. The van der Waals surface area contributed by atoms with E-state index < -0.39 is 0 Å². The Morgan fingerprint density at radius 3 is 2.43 bits per heavy atom. The maximum absolute atomic E-state index is 5.68. The number of para-hydroxylation sites is 1. The van der Waals surface area contributed by atoms with Gasteiger partial charge in [-0.1, -0.05) is 35.9 Å². The Morgan fingerprint density at radius 1 is 1.10 bits per heavy atom. The average Bonchev–Trinajstić information content (AvgIpc) is 2.48. The lowest BCUT2D eigenvalue weighted by molar-refractivity contribution is 0.287. The third-order valence-corrected chi connectivity index (χ3v) is 3.15. The quantitative estimate of drug-likeness (QED) is 0.824. The van der Waals surface area contributed by atoms with Gasteiger partial charge in [-0.15, -0.1) is 0 Å². The molecule has 2 N–H and O–H groups in total. The minimum atomic E-state index is 0.121. The molecule has 0 amide bonds. The van der Waals surface area contributed by atoms with E-state index in [9.17, 15) is 0 Å². The highest BCUT2D eigenvalue weighted by molar-refractivity contribution is 7.80. The molecule has 0 heterocycles. The minimum Gasteiger partial charge on any atom is -0.491 e. The van der Waals surface area contributed by atoms with Gasteiger partial charge in [0.2, 0.25) is 0 Å². The SMILES string of the molecule is Cc1ccc(NC(=S)N[C@@H](C)COc2ccccc2)cc1. The van der Waals surface area contributed by atoms with E-state index in [-0.39, 0.29) is 6.04 Å². The van der Waals surface area contributed by atoms with Crippen molar-refractivity contribution in [2.24, 2.45) is 0 Å². The summed E-state index contributed by atoms with van der Waals surface area (Å²) in [5, 5.41) is 6.97. The van der Waals surface area contributed by atoms with E-state index in [4.69, 9.17) is 17.0 Å². The third-order valence-electron chi connectivity index (χ3n) is 2.93. The van der Waals surface area contributed by atoms with Crippen molar-refractivity contribution in [1.82, 2.24) is 5.32 Å². The first-order valence-electron chi connectivity index (χ1n) is 6.95. The van der Waals surface area contributed by atoms with Crippen LogP contribution in [0.15, 0.2) is 54.6 Å². The Balaban J connectivity index is 1.75. The molecule has 0 aromatic heterocycles. The third kappa shape index (κ3) is 5.44. The van der Waals surface area contributed by atoms with Gasteiger partial charge in [0.15, 0.2) is 5.11 Å². The van der Waals surface area contributed by atoms with Crippen molar-refractivity contribution in [1.29, 1.82) is 0 Å². The summed E-state index contributed by atoms with van der Waals surface area (Å²) >= 11 is 5.30. The average molecular weight is 300 g/mol. The maximum atomic E-state index is 5.68. The maximum Gasteiger partial charge on any atom is 0.171 e. The fourth-order valence-electron chi connectivity index (χ4n) is 1.81. The van der Waals surface area contributed by atoms with Crippen LogP contribution in [0.2, 0.25) is 0 Å². The predicted octanol–water partition coefficient (Wildman–Crippen LogP) is 3.75. The highest BCUT2D eigenvalue weighted by Gasteiger charge is 2.05. The van der Waals surface area contributed by atoms with E-state index in [1.807, 2.05) is 61.5 Å². The van der Waals surface area contributed by atoms with Gasteiger partial charge < -0.3 is 15.4 Å². The molecule has 0 fully saturated rings. The summed E-state index contributed by atoms with van der Waals surface area (Å²) in [6, 6.07) is 18.0. The van der Waals surface area contributed by atoms with Gasteiger partial charge in [-0.25, -0.2) is 0 Å². The molecule has 0 aliphatic heterocycles. The van der Waals surface area contributed by atoms with Crippen LogP contribution in [0.5, 0.6) is 5.75 Å². The van der Waals surface area contributed by atoms with Crippen LogP contribution in [-0.2, 0) is 0 Å². The molecule has 4 heteroatoms. The van der Waals surface area contributed by atoms with Crippen LogP contribution < -0.4 is 15.4 Å². The molecule has 2 aromatic rings. The zero-order valence-electron chi connectivity index (χ0n) is 12.3. The first kappa shape index (κ1) is 15.3. The zero-order valence-corrected chi connectivity index (χ0v) is 13.1. The Hall–Kier alpha value is -2.07. The smallest absolute Gasteiger partial charge is 0.171 e. The Kier molecular flexibility index (Phi) is 5.58. The van der Waals surface area contributed by atoms with E-state index in [1.54, 1.807) is 0 Å². The van der Waals surface area contributed by atoms with Gasteiger partial charge in [0.25, 0.3) is 0 Å². The monoisotopic (exact) mass is 300 g/mol. The highest BCUT2D eigenvalue weighted by Crippen LogP contribution is 2.09. The van der Waals surface area contributed by atoms with Crippen molar-refractivity contribution < 1.29 is 4.74 Å². The second-order valence-corrected chi connectivity index (χ2v) is 5.40. The number of ether oxygens (including phenoxy) is 1. The second kappa shape index (κ2) is 7.64. The van der Waals surface area contributed by atoms with Gasteiger partial charge in [0.1, 0.15) is 12.4 Å². The summed E-state index contributed by atoms with van der Waals surface area (Å²) in [6.45, 7) is 4.65. The van der Waals surface area contributed by atoms with E-state index >= 15 is 0 Å². The van der Waals surface area contributed by atoms with E-state index in [0.717, 1.165) is 11.4 Å². The predicted molar refractivity (Wildman–Crippen MR) is 91.9 cm³/mol. The topological polar surface area (TPSA) is 33.3 Å². The lowest BCUT2D eigenvalue weighted by atomic mass is 10.2. The summed E-state index contributed by atoms with van der Waals surface area (Å²) in [4.78, 5) is 0. The van der Waals surface area contributed by atoms with E-state index in [0.29, 0.717) is 11.7 Å². The fraction of sp³-hybridized carbons (Fsp3) is 0.235. The Morgan fingerprint density at radius 2 is 1.76 bits per heavy atom. The standard InChI is InChI=1S/C17H20N2OS/c1-13-8-10-15(11-9-13)19-17(21)18-14(2)12-20-16-6-4-3-5-7-16/h3-11,14H,12H2,1-2H3,(H2,18,19,21)/t14-/m0/s1. The molecule has 0 saturated carbocycles. The number of benzene rings is 2. The molecule has 3 nitrogen and oxygen atoms in total. The van der Waals surface area contributed by atoms with Crippen LogP contribution in [0.25, 0.3) is 0 Å². The van der Waals surface area contributed by atoms with Gasteiger partial charge >= 0.3 is 0 Å². The van der Waals surface area contributed by atoms with Gasteiger partial charge in [0.05, 0.1) is 6.04 Å². The molecule has 0 unspecified atom stereocenters. The molecule has 0 bridgehead atoms. The van der Waals surface area contributed by atoms with Crippen LogP contribution in [0.4, 0.5) is 5.69 Å². The number of rotatable bonds is 5. The molecular formula is C17H20N2OS. The Labute approximate surface area is 131 Å². The molecule has 2 aromatic carbocycles. The van der Waals surface area contributed by atoms with Crippen molar-refractivity contribution in [3.63, 3.8) is 0 Å². The summed E-state index contributed by atoms with van der Waals surface area (Å²) in [6.07, 6.45) is 0. The summed E-state index contributed by atoms with van der Waals surface area (Å²) < 4.78 is 5.68. The number of nitrogens with one attached hydrogen (secondary N) is 2. The van der Waals surface area contributed by atoms with Crippen LogP contribution >= 0.6 is 12.2 Å². The molecule has 110 valence electrons. The number of hydrogen-bond donors (Lipinski definition) is 2. The van der Waals surface area contributed by atoms with Crippen molar-refractivity contribution in [2.45, 2.75) is 19.9 Å². The van der Waals surface area contributed by atoms with Gasteiger partial charge in [-0.05, 0) is 50.3 Å². The fourth-order valence-corrected chi connectivity index (χ4v) is 2.13. The van der Waals surface area contributed by atoms with Crippen molar-refractivity contribution in [2.75, 3.05) is 11.9 Å². The van der Waals surface area contributed by atoms with Gasteiger partial charge in [-0.2, -0.15) is 0 Å². The van der Waals surface area contributed by atoms with Crippen LogP contribution in [0.1, 0.15) is 12.5 Å². The van der Waals surface area contributed by atoms with E-state index in [2.05, 4.69) is 17.6 Å². The first-order valence-corrected chi connectivity index (χ1v) is 7.36. The summed E-state index contributed by atoms with van der Waals surface area (Å²) in [7, 11) is 0. The number of hydrogen-bond acceptors (Lipinski definition) is 2. The minimum absolute atomic E-state index is 0.121. The molecule has 21 heavy (non-hydrogen) atoms. The molecule has 0 saturated heterocycles. The highest BCUT2D eigenvalue weighted by atomic mass is 32.1. The van der Waals surface area contributed by atoms with Crippen LogP contribution in [-0.4, -0.2) is 17.8 Å². The normalized spacial score (nSPS) is 11.5. The van der Waals surface area contributed by atoms with Crippen molar-refractivity contribution >= 4 is 23.0 Å². The van der Waals surface area contributed by atoms with Crippen molar-refractivity contribution in [3.8, 4) is 5.75 Å². The second-order valence-electron chi connectivity index (χ2n) is 4.99. The lowest BCUT2D eigenvalue weighted by Gasteiger charge is -2.17. The molecular weight excluding hydrogens is 280 g/mol. The Bertz CT molecular complexity index is 569. The molecule has 0 spiro atoms. The molecule has 1 atom stereocenters. The van der Waals surface area contributed by atoms with Crippen molar-refractivity contribution in [3.05, 3.63) is 60.2 Å².